The fourth-order valence-electron chi connectivity index (χ4n) is 1.47. The van der Waals surface area contributed by atoms with Gasteiger partial charge in [-0.1, -0.05) is 0 Å². The van der Waals surface area contributed by atoms with E-state index in [4.69, 9.17) is 5.73 Å². The third-order valence-electron chi connectivity index (χ3n) is 2.27. The number of carbonyl (C=O) groups is 2. The maximum absolute atomic E-state index is 11.6. The smallest absolute Gasteiger partial charge is 0.251 e. The largest absolute Gasteiger partial charge is 0.355 e. The standard InChI is InChI=1S/C13H19N3O2/c1-13(2,14)8-11(17)16-10-6-4-9(5-7-10)12(18)15-3/h4-7H,8,14H2,1-3H3,(H,15,18)(H,16,17). The summed E-state index contributed by atoms with van der Waals surface area (Å²) in [6.07, 6.45) is 0.240. The van der Waals surface area contributed by atoms with Gasteiger partial charge in [-0.05, 0) is 38.1 Å². The first kappa shape index (κ1) is 14.2. The molecule has 0 unspecified atom stereocenters. The minimum atomic E-state index is -0.536. The average molecular weight is 249 g/mol. The highest BCUT2D eigenvalue weighted by Crippen LogP contribution is 2.11. The van der Waals surface area contributed by atoms with Crippen molar-refractivity contribution in [3.05, 3.63) is 29.8 Å². The van der Waals surface area contributed by atoms with E-state index in [0.29, 0.717) is 11.3 Å². The van der Waals surface area contributed by atoms with Crippen LogP contribution < -0.4 is 16.4 Å². The molecule has 0 aromatic heterocycles. The molecule has 5 heteroatoms. The van der Waals surface area contributed by atoms with Gasteiger partial charge in [0.1, 0.15) is 0 Å². The topological polar surface area (TPSA) is 84.2 Å². The molecule has 0 radical (unpaired) electrons. The molecule has 4 N–H and O–H groups in total. The van der Waals surface area contributed by atoms with E-state index in [1.807, 2.05) is 0 Å². The molecule has 0 saturated carbocycles. The van der Waals surface area contributed by atoms with Crippen molar-refractivity contribution < 1.29 is 9.59 Å². The van der Waals surface area contributed by atoms with Crippen LogP contribution in [0.5, 0.6) is 0 Å². The summed E-state index contributed by atoms with van der Waals surface area (Å²) in [6.45, 7) is 3.59. The van der Waals surface area contributed by atoms with Crippen molar-refractivity contribution in [2.24, 2.45) is 5.73 Å². The Hall–Kier alpha value is -1.88. The van der Waals surface area contributed by atoms with E-state index in [9.17, 15) is 9.59 Å². The van der Waals surface area contributed by atoms with Crippen molar-refractivity contribution in [2.75, 3.05) is 12.4 Å². The van der Waals surface area contributed by atoms with E-state index in [1.165, 1.54) is 0 Å². The van der Waals surface area contributed by atoms with Crippen LogP contribution >= 0.6 is 0 Å². The van der Waals surface area contributed by atoms with Crippen LogP contribution in [0.4, 0.5) is 5.69 Å². The zero-order chi connectivity index (χ0) is 13.8. The highest BCUT2D eigenvalue weighted by Gasteiger charge is 2.16. The highest BCUT2D eigenvalue weighted by atomic mass is 16.2. The second-order valence-electron chi connectivity index (χ2n) is 4.87. The molecule has 98 valence electrons. The molecule has 0 bridgehead atoms. The van der Waals surface area contributed by atoms with E-state index < -0.39 is 5.54 Å². The summed E-state index contributed by atoms with van der Waals surface area (Å²) in [4.78, 5) is 23.0. The van der Waals surface area contributed by atoms with Crippen molar-refractivity contribution in [1.29, 1.82) is 0 Å². The van der Waals surface area contributed by atoms with Gasteiger partial charge in [0.25, 0.3) is 5.91 Å². The van der Waals surface area contributed by atoms with Crippen LogP contribution in [0, 0.1) is 0 Å². The number of hydrogen-bond acceptors (Lipinski definition) is 3. The van der Waals surface area contributed by atoms with E-state index >= 15 is 0 Å². The molecular formula is C13H19N3O2. The Labute approximate surface area is 107 Å². The first-order chi connectivity index (χ1) is 8.31. The van der Waals surface area contributed by atoms with Crippen LogP contribution in [0.1, 0.15) is 30.6 Å². The Bertz CT molecular complexity index is 433. The third-order valence-corrected chi connectivity index (χ3v) is 2.27. The van der Waals surface area contributed by atoms with Crippen LogP contribution in [0.15, 0.2) is 24.3 Å². The SMILES string of the molecule is CNC(=O)c1ccc(NC(=O)CC(C)(C)N)cc1. The van der Waals surface area contributed by atoms with Gasteiger partial charge in [0.15, 0.2) is 0 Å². The van der Waals surface area contributed by atoms with Crippen LogP contribution in [0.3, 0.4) is 0 Å². The molecule has 2 amide bonds. The lowest BCUT2D eigenvalue weighted by atomic mass is 10.0. The zero-order valence-electron chi connectivity index (χ0n) is 10.9. The number of benzene rings is 1. The van der Waals surface area contributed by atoms with Gasteiger partial charge < -0.3 is 16.4 Å². The summed E-state index contributed by atoms with van der Waals surface area (Å²) in [6, 6.07) is 6.68. The molecular weight excluding hydrogens is 230 g/mol. The zero-order valence-corrected chi connectivity index (χ0v) is 10.9. The molecule has 0 heterocycles. The lowest BCUT2D eigenvalue weighted by molar-refractivity contribution is -0.117. The fourth-order valence-corrected chi connectivity index (χ4v) is 1.47. The molecule has 5 nitrogen and oxygen atoms in total. The fraction of sp³-hybridized carbons (Fsp3) is 0.385. The second kappa shape index (κ2) is 5.64. The molecule has 0 aliphatic rings. The lowest BCUT2D eigenvalue weighted by Gasteiger charge is -2.17. The summed E-state index contributed by atoms with van der Waals surface area (Å²) in [5.41, 5.74) is 6.42. The molecule has 1 aromatic rings. The Morgan fingerprint density at radius 2 is 1.78 bits per heavy atom. The van der Waals surface area contributed by atoms with Gasteiger partial charge in [0.2, 0.25) is 5.91 Å². The van der Waals surface area contributed by atoms with Gasteiger partial charge in [-0.15, -0.1) is 0 Å². The Morgan fingerprint density at radius 3 is 2.22 bits per heavy atom. The molecule has 18 heavy (non-hydrogen) atoms. The quantitative estimate of drug-likeness (QED) is 0.747. The van der Waals surface area contributed by atoms with Crippen molar-refractivity contribution >= 4 is 17.5 Å². The molecule has 0 aliphatic heterocycles. The monoisotopic (exact) mass is 249 g/mol. The maximum atomic E-state index is 11.6. The predicted octanol–water partition coefficient (Wildman–Crippen LogP) is 1.11. The van der Waals surface area contributed by atoms with Gasteiger partial charge in [0.05, 0.1) is 0 Å². The first-order valence-corrected chi connectivity index (χ1v) is 5.73. The predicted molar refractivity (Wildman–Crippen MR) is 71.3 cm³/mol. The maximum Gasteiger partial charge on any atom is 0.251 e. The third kappa shape index (κ3) is 4.55. The van der Waals surface area contributed by atoms with E-state index in [-0.39, 0.29) is 18.2 Å². The van der Waals surface area contributed by atoms with Gasteiger partial charge in [0, 0.05) is 30.3 Å². The number of anilines is 1. The molecule has 0 spiro atoms. The molecule has 0 atom stereocenters. The van der Waals surface area contributed by atoms with E-state index in [2.05, 4.69) is 10.6 Å². The first-order valence-electron chi connectivity index (χ1n) is 5.73. The lowest BCUT2D eigenvalue weighted by Crippen LogP contribution is -2.36. The number of nitrogens with one attached hydrogen (secondary N) is 2. The number of amides is 2. The minimum Gasteiger partial charge on any atom is -0.355 e. The van der Waals surface area contributed by atoms with E-state index in [1.54, 1.807) is 45.2 Å². The van der Waals surface area contributed by atoms with Crippen LogP contribution in [0.2, 0.25) is 0 Å². The molecule has 0 saturated heterocycles. The molecule has 0 fully saturated rings. The van der Waals surface area contributed by atoms with Crippen molar-refractivity contribution in [1.82, 2.24) is 5.32 Å². The number of nitrogens with two attached hydrogens (primary N) is 1. The van der Waals surface area contributed by atoms with Crippen LogP contribution in [0.25, 0.3) is 0 Å². The van der Waals surface area contributed by atoms with Gasteiger partial charge in [-0.25, -0.2) is 0 Å². The van der Waals surface area contributed by atoms with Crippen LogP contribution in [-0.4, -0.2) is 24.4 Å². The summed E-state index contributed by atoms with van der Waals surface area (Å²) in [5, 5.41) is 5.26. The van der Waals surface area contributed by atoms with Gasteiger partial charge in [-0.2, -0.15) is 0 Å². The average Bonchev–Trinajstić information content (AvgIpc) is 2.26. The van der Waals surface area contributed by atoms with Crippen molar-refractivity contribution in [2.45, 2.75) is 25.8 Å². The minimum absolute atomic E-state index is 0.143. The van der Waals surface area contributed by atoms with Crippen molar-refractivity contribution in [3.63, 3.8) is 0 Å². The summed E-state index contributed by atoms with van der Waals surface area (Å²) < 4.78 is 0. The Balaban J connectivity index is 2.64. The van der Waals surface area contributed by atoms with Crippen molar-refractivity contribution in [3.8, 4) is 0 Å². The Morgan fingerprint density at radius 1 is 1.22 bits per heavy atom. The summed E-state index contributed by atoms with van der Waals surface area (Å²) in [5.74, 6) is -0.300. The Kier molecular flexibility index (Phi) is 4.44. The number of rotatable bonds is 4. The molecule has 1 rings (SSSR count). The number of carbonyl (C=O) groups excluding carboxylic acids is 2. The highest BCUT2D eigenvalue weighted by molar-refractivity contribution is 5.95. The second-order valence-corrected chi connectivity index (χ2v) is 4.87. The molecule has 1 aromatic carbocycles. The van der Waals surface area contributed by atoms with Gasteiger partial charge in [-0.3, -0.25) is 9.59 Å². The summed E-state index contributed by atoms with van der Waals surface area (Å²) >= 11 is 0. The van der Waals surface area contributed by atoms with Crippen LogP contribution in [-0.2, 0) is 4.79 Å². The summed E-state index contributed by atoms with van der Waals surface area (Å²) in [7, 11) is 1.57. The van der Waals surface area contributed by atoms with E-state index in [0.717, 1.165) is 0 Å². The van der Waals surface area contributed by atoms with Gasteiger partial charge >= 0.3 is 0 Å². The normalized spacial score (nSPS) is 10.9. The number of hydrogen-bond donors (Lipinski definition) is 3. The molecule has 0 aliphatic carbocycles.